The van der Waals surface area contributed by atoms with Crippen LogP contribution in [0, 0.1) is 0 Å². The van der Waals surface area contributed by atoms with Gasteiger partial charge in [0.1, 0.15) is 0 Å². The minimum atomic E-state index is 0.0798. The Bertz CT molecular complexity index is 458. The molecule has 1 N–H and O–H groups in total. The third kappa shape index (κ3) is 1.97. The monoisotopic (exact) mass is 247 g/mol. The molecule has 0 bridgehead atoms. The van der Waals surface area contributed by atoms with E-state index in [-0.39, 0.29) is 5.91 Å². The molecular weight excluding hydrogens is 230 g/mol. The van der Waals surface area contributed by atoms with Crippen LogP contribution in [0.15, 0.2) is 23.1 Å². The predicted molar refractivity (Wildman–Crippen MR) is 70.6 cm³/mol. The van der Waals surface area contributed by atoms with Gasteiger partial charge in [-0.05, 0) is 41.9 Å². The normalized spacial score (nSPS) is 24.8. The molecule has 3 heteroatoms. The lowest BCUT2D eigenvalue weighted by atomic mass is 9.98. The van der Waals surface area contributed by atoms with Crippen LogP contribution < -0.4 is 5.32 Å². The van der Waals surface area contributed by atoms with Crippen LogP contribution >= 0.6 is 11.8 Å². The Morgan fingerprint density at radius 1 is 1.53 bits per heavy atom. The zero-order valence-corrected chi connectivity index (χ0v) is 10.8. The second-order valence-corrected chi connectivity index (χ2v) is 6.03. The molecule has 0 aromatic heterocycles. The molecule has 1 amide bonds. The Morgan fingerprint density at radius 2 is 2.41 bits per heavy atom. The van der Waals surface area contributed by atoms with Crippen molar-refractivity contribution in [2.45, 2.75) is 36.5 Å². The van der Waals surface area contributed by atoms with Gasteiger partial charge < -0.3 is 5.32 Å². The van der Waals surface area contributed by atoms with Crippen LogP contribution in [0.4, 0.5) is 0 Å². The van der Waals surface area contributed by atoms with Crippen molar-refractivity contribution < 1.29 is 4.79 Å². The van der Waals surface area contributed by atoms with Gasteiger partial charge in [0.2, 0.25) is 5.91 Å². The van der Waals surface area contributed by atoms with E-state index in [1.54, 1.807) is 18.1 Å². The Balaban J connectivity index is 1.74. The Hall–Kier alpha value is -0.960. The summed E-state index contributed by atoms with van der Waals surface area (Å²) in [5.74, 6) is 2.76. The van der Waals surface area contributed by atoms with Crippen molar-refractivity contribution in [2.75, 3.05) is 12.3 Å². The van der Waals surface area contributed by atoms with Crippen LogP contribution in [0.1, 0.15) is 42.7 Å². The van der Waals surface area contributed by atoms with Gasteiger partial charge >= 0.3 is 0 Å². The average Bonchev–Trinajstić information content (AvgIpc) is 2.85. The maximum atomic E-state index is 10.9. The molecule has 0 radical (unpaired) electrons. The fraction of sp³-hybridized carbons (Fsp3) is 0.500. The van der Waals surface area contributed by atoms with Crippen LogP contribution in [0.3, 0.4) is 0 Å². The third-order valence-electron chi connectivity index (χ3n) is 3.82. The lowest BCUT2D eigenvalue weighted by Crippen LogP contribution is -2.22. The molecular formula is C14H17NOS. The summed E-state index contributed by atoms with van der Waals surface area (Å²) in [4.78, 5) is 12.4. The van der Waals surface area contributed by atoms with Crippen LogP contribution in [0.2, 0.25) is 0 Å². The lowest BCUT2D eigenvalue weighted by molar-refractivity contribution is -0.118. The first-order chi connectivity index (χ1) is 8.25. The van der Waals surface area contributed by atoms with Crippen molar-refractivity contribution in [2.24, 2.45) is 0 Å². The highest BCUT2D eigenvalue weighted by atomic mass is 32.2. The van der Waals surface area contributed by atoms with Crippen LogP contribution in [-0.2, 0) is 4.79 Å². The minimum absolute atomic E-state index is 0.0798. The molecule has 2 atom stereocenters. The molecule has 1 aromatic rings. The number of thioether (sulfide) groups is 1. The van der Waals surface area contributed by atoms with E-state index in [1.165, 1.54) is 17.1 Å². The molecule has 1 aromatic carbocycles. The van der Waals surface area contributed by atoms with Gasteiger partial charge in [-0.15, -0.1) is 11.8 Å². The number of benzene rings is 1. The molecule has 1 aliphatic carbocycles. The van der Waals surface area contributed by atoms with Crippen molar-refractivity contribution in [3.63, 3.8) is 0 Å². The zero-order valence-electron chi connectivity index (χ0n) is 10.0. The van der Waals surface area contributed by atoms with Crippen LogP contribution in [0.25, 0.3) is 0 Å². The standard InChI is InChI=1S/C14H17NOS/c1-9(16)15-6-5-10-7-11-8-17-13-4-2-3-12(10)14(11)13/h2-4,10-11H,5-8H2,1H3,(H,15,16). The summed E-state index contributed by atoms with van der Waals surface area (Å²) in [6.07, 6.45) is 2.36. The van der Waals surface area contributed by atoms with E-state index in [0.717, 1.165) is 18.9 Å². The highest BCUT2D eigenvalue weighted by molar-refractivity contribution is 7.99. The molecule has 0 saturated heterocycles. The molecule has 2 unspecified atom stereocenters. The first kappa shape index (κ1) is 11.1. The molecule has 0 saturated carbocycles. The van der Waals surface area contributed by atoms with E-state index in [4.69, 9.17) is 0 Å². The van der Waals surface area contributed by atoms with Gasteiger partial charge in [-0.3, -0.25) is 4.79 Å². The molecule has 2 nitrogen and oxygen atoms in total. The maximum absolute atomic E-state index is 10.9. The maximum Gasteiger partial charge on any atom is 0.216 e. The molecule has 2 aliphatic rings. The summed E-state index contributed by atoms with van der Waals surface area (Å²) >= 11 is 2.00. The van der Waals surface area contributed by atoms with Crippen molar-refractivity contribution >= 4 is 17.7 Å². The number of carbonyl (C=O) groups is 1. The first-order valence-electron chi connectivity index (χ1n) is 6.25. The number of amides is 1. The Kier molecular flexibility index (Phi) is 2.87. The molecule has 0 fully saturated rings. The van der Waals surface area contributed by atoms with Gasteiger partial charge in [0.05, 0.1) is 0 Å². The summed E-state index contributed by atoms with van der Waals surface area (Å²) in [5, 5.41) is 2.91. The van der Waals surface area contributed by atoms with Gasteiger partial charge in [-0.2, -0.15) is 0 Å². The van der Waals surface area contributed by atoms with E-state index in [1.807, 2.05) is 11.8 Å². The van der Waals surface area contributed by atoms with Gasteiger partial charge in [0, 0.05) is 24.1 Å². The number of hydrogen-bond donors (Lipinski definition) is 1. The summed E-state index contributed by atoms with van der Waals surface area (Å²) < 4.78 is 0. The van der Waals surface area contributed by atoms with Gasteiger partial charge in [0.25, 0.3) is 0 Å². The second kappa shape index (κ2) is 4.37. The van der Waals surface area contributed by atoms with E-state index >= 15 is 0 Å². The molecule has 1 aliphatic heterocycles. The number of hydrogen-bond acceptors (Lipinski definition) is 2. The number of carbonyl (C=O) groups excluding carboxylic acids is 1. The van der Waals surface area contributed by atoms with Crippen molar-refractivity contribution in [3.05, 3.63) is 29.3 Å². The molecule has 90 valence electrons. The predicted octanol–water partition coefficient (Wildman–Crippen LogP) is 2.89. The van der Waals surface area contributed by atoms with E-state index in [0.29, 0.717) is 5.92 Å². The van der Waals surface area contributed by atoms with E-state index in [2.05, 4.69) is 23.5 Å². The van der Waals surface area contributed by atoms with Crippen LogP contribution in [0.5, 0.6) is 0 Å². The largest absolute Gasteiger partial charge is 0.356 e. The van der Waals surface area contributed by atoms with Crippen molar-refractivity contribution in [1.29, 1.82) is 0 Å². The van der Waals surface area contributed by atoms with Gasteiger partial charge in [0.15, 0.2) is 0 Å². The smallest absolute Gasteiger partial charge is 0.216 e. The minimum Gasteiger partial charge on any atom is -0.356 e. The Labute approximate surface area is 106 Å². The van der Waals surface area contributed by atoms with E-state index in [9.17, 15) is 4.79 Å². The molecule has 17 heavy (non-hydrogen) atoms. The second-order valence-electron chi connectivity index (χ2n) is 4.97. The summed E-state index contributed by atoms with van der Waals surface area (Å²) in [6.45, 7) is 2.40. The number of rotatable bonds is 3. The highest BCUT2D eigenvalue weighted by Crippen LogP contribution is 2.53. The fourth-order valence-electron chi connectivity index (χ4n) is 3.11. The van der Waals surface area contributed by atoms with Crippen LogP contribution in [-0.4, -0.2) is 18.2 Å². The van der Waals surface area contributed by atoms with Crippen molar-refractivity contribution in [1.82, 2.24) is 5.32 Å². The SMILES string of the molecule is CC(=O)NCCC1CC2CSc3cccc1c32. The third-order valence-corrected chi connectivity index (χ3v) is 5.06. The summed E-state index contributed by atoms with van der Waals surface area (Å²) in [7, 11) is 0. The number of nitrogens with one attached hydrogen (secondary N) is 1. The lowest BCUT2D eigenvalue weighted by Gasteiger charge is -2.13. The molecule has 0 spiro atoms. The topological polar surface area (TPSA) is 29.1 Å². The molecule has 3 rings (SSSR count). The summed E-state index contributed by atoms with van der Waals surface area (Å²) in [6, 6.07) is 6.71. The van der Waals surface area contributed by atoms with E-state index < -0.39 is 0 Å². The Morgan fingerprint density at radius 3 is 3.24 bits per heavy atom. The molecule has 1 heterocycles. The average molecular weight is 247 g/mol. The first-order valence-corrected chi connectivity index (χ1v) is 7.24. The highest BCUT2D eigenvalue weighted by Gasteiger charge is 2.36. The van der Waals surface area contributed by atoms with Gasteiger partial charge in [-0.1, -0.05) is 12.1 Å². The fourth-order valence-corrected chi connectivity index (χ4v) is 4.40. The quantitative estimate of drug-likeness (QED) is 0.890. The van der Waals surface area contributed by atoms with Crippen molar-refractivity contribution in [3.8, 4) is 0 Å². The van der Waals surface area contributed by atoms with Gasteiger partial charge in [-0.25, -0.2) is 0 Å². The summed E-state index contributed by atoms with van der Waals surface area (Å²) in [5.41, 5.74) is 3.16. The zero-order chi connectivity index (χ0) is 11.8.